The van der Waals surface area contributed by atoms with Crippen molar-refractivity contribution in [2.24, 2.45) is 10.8 Å². The van der Waals surface area contributed by atoms with E-state index >= 15 is 0 Å². The van der Waals surface area contributed by atoms with Gasteiger partial charge < -0.3 is 9.47 Å². The molecule has 0 aromatic heterocycles. The van der Waals surface area contributed by atoms with Gasteiger partial charge >= 0.3 is 0 Å². The first-order chi connectivity index (χ1) is 10.1. The molecule has 0 bridgehead atoms. The van der Waals surface area contributed by atoms with Gasteiger partial charge in [0.05, 0.1) is 14.2 Å². The Balaban J connectivity index is 3.31. The Labute approximate surface area is 136 Å². The number of hydrogen-bond acceptors (Lipinski definition) is 2. The van der Waals surface area contributed by atoms with Crippen molar-refractivity contribution < 1.29 is 9.47 Å². The van der Waals surface area contributed by atoms with E-state index in [1.165, 1.54) is 5.57 Å². The molecule has 2 heteroatoms. The topological polar surface area (TPSA) is 18.5 Å². The van der Waals surface area contributed by atoms with Crippen LogP contribution in [0.2, 0.25) is 0 Å². The lowest BCUT2D eigenvalue weighted by Gasteiger charge is -2.29. The van der Waals surface area contributed by atoms with Crippen molar-refractivity contribution in [3.8, 4) is 5.75 Å². The number of allylic oxidation sites excluding steroid dienone is 1. The van der Waals surface area contributed by atoms with E-state index in [1.807, 2.05) is 18.2 Å². The molecule has 0 aliphatic rings. The molecule has 1 aromatic rings. The maximum Gasteiger partial charge on any atom is 0.125 e. The highest BCUT2D eigenvalue weighted by atomic mass is 16.5. The highest BCUT2D eigenvalue weighted by Gasteiger charge is 2.25. The monoisotopic (exact) mass is 304 g/mol. The SMILES string of the molecule is CO/C(=C(\CCC(C)(C)C)C(C)(C)C)c1cccc(OC)c1. The number of ether oxygens (including phenoxy) is 2. The molecule has 0 radical (unpaired) electrons. The van der Waals surface area contributed by atoms with Gasteiger partial charge in [-0.1, -0.05) is 53.7 Å². The first-order valence-electron chi connectivity index (χ1n) is 8.00. The lowest BCUT2D eigenvalue weighted by molar-refractivity contribution is 0.329. The normalized spacial score (nSPS) is 13.6. The van der Waals surface area contributed by atoms with Crippen LogP contribution in [0.15, 0.2) is 29.8 Å². The lowest BCUT2D eigenvalue weighted by Crippen LogP contribution is -2.16. The minimum absolute atomic E-state index is 0.0691. The molecule has 0 aliphatic carbocycles. The van der Waals surface area contributed by atoms with Gasteiger partial charge in [0, 0.05) is 5.56 Å². The molecule has 22 heavy (non-hydrogen) atoms. The van der Waals surface area contributed by atoms with Crippen molar-refractivity contribution in [3.05, 3.63) is 35.4 Å². The quantitative estimate of drug-likeness (QED) is 0.628. The molecule has 0 aliphatic heterocycles. The van der Waals surface area contributed by atoms with Gasteiger partial charge in [0.1, 0.15) is 11.5 Å². The van der Waals surface area contributed by atoms with Crippen molar-refractivity contribution in [2.75, 3.05) is 14.2 Å². The largest absolute Gasteiger partial charge is 0.497 e. The summed E-state index contributed by atoms with van der Waals surface area (Å²) >= 11 is 0. The third-order valence-corrected chi connectivity index (χ3v) is 3.84. The average Bonchev–Trinajstić information content (AvgIpc) is 2.41. The Morgan fingerprint density at radius 2 is 1.64 bits per heavy atom. The Hall–Kier alpha value is -1.44. The second kappa shape index (κ2) is 7.21. The molecule has 1 aromatic carbocycles. The fourth-order valence-electron chi connectivity index (χ4n) is 2.51. The van der Waals surface area contributed by atoms with Crippen LogP contribution in [0, 0.1) is 10.8 Å². The zero-order valence-electron chi connectivity index (χ0n) is 15.5. The summed E-state index contributed by atoms with van der Waals surface area (Å²) in [5, 5.41) is 0. The van der Waals surface area contributed by atoms with Gasteiger partial charge in [0.15, 0.2) is 0 Å². The highest BCUT2D eigenvalue weighted by molar-refractivity contribution is 5.65. The number of hydrogen-bond donors (Lipinski definition) is 0. The summed E-state index contributed by atoms with van der Waals surface area (Å²) in [5.41, 5.74) is 2.82. The molecular formula is C20H32O2. The van der Waals surface area contributed by atoms with E-state index < -0.39 is 0 Å². The van der Waals surface area contributed by atoms with Gasteiger partial charge in [-0.2, -0.15) is 0 Å². The van der Waals surface area contributed by atoms with Crippen molar-refractivity contribution in [2.45, 2.75) is 54.4 Å². The van der Waals surface area contributed by atoms with Gasteiger partial charge in [-0.05, 0) is 41.4 Å². The summed E-state index contributed by atoms with van der Waals surface area (Å²) in [6.45, 7) is 13.6. The summed E-state index contributed by atoms with van der Waals surface area (Å²) in [4.78, 5) is 0. The summed E-state index contributed by atoms with van der Waals surface area (Å²) in [6, 6.07) is 8.10. The van der Waals surface area contributed by atoms with Gasteiger partial charge in [0.2, 0.25) is 0 Å². The predicted molar refractivity (Wildman–Crippen MR) is 95.1 cm³/mol. The molecule has 124 valence electrons. The van der Waals surface area contributed by atoms with E-state index in [4.69, 9.17) is 9.47 Å². The second-order valence-electron chi connectivity index (χ2n) is 8.05. The minimum atomic E-state index is 0.0691. The maximum atomic E-state index is 5.81. The third kappa shape index (κ3) is 5.40. The van der Waals surface area contributed by atoms with Gasteiger partial charge in [-0.15, -0.1) is 0 Å². The average molecular weight is 304 g/mol. The van der Waals surface area contributed by atoms with Crippen molar-refractivity contribution in [3.63, 3.8) is 0 Å². The molecular weight excluding hydrogens is 272 g/mol. The second-order valence-corrected chi connectivity index (χ2v) is 8.05. The van der Waals surface area contributed by atoms with E-state index in [2.05, 4.69) is 47.6 Å². The van der Waals surface area contributed by atoms with Gasteiger partial charge in [-0.25, -0.2) is 0 Å². The molecule has 0 spiro atoms. The zero-order valence-corrected chi connectivity index (χ0v) is 15.5. The van der Waals surface area contributed by atoms with E-state index in [0.717, 1.165) is 29.9 Å². The molecule has 0 amide bonds. The summed E-state index contributed by atoms with van der Waals surface area (Å²) in [7, 11) is 3.46. The Kier molecular flexibility index (Phi) is 6.10. The smallest absolute Gasteiger partial charge is 0.125 e. The third-order valence-electron chi connectivity index (χ3n) is 3.84. The summed E-state index contributed by atoms with van der Waals surface area (Å²) in [6.07, 6.45) is 2.17. The van der Waals surface area contributed by atoms with Crippen LogP contribution >= 0.6 is 0 Å². The minimum Gasteiger partial charge on any atom is -0.497 e. The van der Waals surface area contributed by atoms with Gasteiger partial charge in [-0.3, -0.25) is 0 Å². The Morgan fingerprint density at radius 1 is 1.00 bits per heavy atom. The first-order valence-corrected chi connectivity index (χ1v) is 8.00. The van der Waals surface area contributed by atoms with E-state index in [9.17, 15) is 0 Å². The molecule has 0 unspecified atom stereocenters. The standard InChI is InChI=1S/C20H32O2/c1-19(2,3)13-12-17(20(4,5)6)18(22-8)15-10-9-11-16(14-15)21-7/h9-11,14H,12-13H2,1-8H3/b18-17+. The zero-order chi connectivity index (χ0) is 17.0. The molecule has 0 fully saturated rings. The van der Waals surface area contributed by atoms with Crippen molar-refractivity contribution in [1.29, 1.82) is 0 Å². The molecule has 0 saturated heterocycles. The van der Waals surface area contributed by atoms with E-state index in [1.54, 1.807) is 14.2 Å². The van der Waals surface area contributed by atoms with Crippen LogP contribution in [0.3, 0.4) is 0 Å². The van der Waals surface area contributed by atoms with Crippen molar-refractivity contribution in [1.82, 2.24) is 0 Å². The van der Waals surface area contributed by atoms with Crippen molar-refractivity contribution >= 4 is 5.76 Å². The fourth-order valence-corrected chi connectivity index (χ4v) is 2.51. The first kappa shape index (κ1) is 18.6. The number of rotatable bonds is 5. The molecule has 2 nitrogen and oxygen atoms in total. The Bertz CT molecular complexity index is 513. The maximum absolute atomic E-state index is 5.81. The lowest BCUT2D eigenvalue weighted by atomic mass is 9.78. The van der Waals surface area contributed by atoms with E-state index in [-0.39, 0.29) is 5.41 Å². The van der Waals surface area contributed by atoms with Crippen LogP contribution in [0.5, 0.6) is 5.75 Å². The molecule has 0 N–H and O–H groups in total. The predicted octanol–water partition coefficient (Wildman–Crippen LogP) is 5.93. The van der Waals surface area contributed by atoms with Crippen LogP contribution in [0.25, 0.3) is 5.76 Å². The van der Waals surface area contributed by atoms with Crippen LogP contribution < -0.4 is 4.74 Å². The van der Waals surface area contributed by atoms with Crippen LogP contribution in [-0.4, -0.2) is 14.2 Å². The van der Waals surface area contributed by atoms with Gasteiger partial charge in [0.25, 0.3) is 0 Å². The Morgan fingerprint density at radius 3 is 2.09 bits per heavy atom. The fraction of sp³-hybridized carbons (Fsp3) is 0.600. The number of benzene rings is 1. The van der Waals surface area contributed by atoms with Crippen LogP contribution in [0.4, 0.5) is 0 Å². The molecule has 0 saturated carbocycles. The molecule has 1 rings (SSSR count). The number of methoxy groups -OCH3 is 2. The molecule has 0 heterocycles. The van der Waals surface area contributed by atoms with Crippen LogP contribution in [-0.2, 0) is 4.74 Å². The molecule has 0 atom stereocenters. The summed E-state index contributed by atoms with van der Waals surface area (Å²) < 4.78 is 11.2. The van der Waals surface area contributed by atoms with Crippen LogP contribution in [0.1, 0.15) is 59.9 Å². The highest BCUT2D eigenvalue weighted by Crippen LogP contribution is 2.39. The van der Waals surface area contributed by atoms with E-state index in [0.29, 0.717) is 5.41 Å². The summed E-state index contributed by atoms with van der Waals surface area (Å²) in [5.74, 6) is 1.84.